The van der Waals surface area contributed by atoms with Crippen molar-refractivity contribution in [3.05, 3.63) is 72.7 Å². The molecule has 5 aromatic rings. The number of aromatic amines is 1. The van der Waals surface area contributed by atoms with E-state index in [2.05, 4.69) is 68.4 Å². The molecule has 4 heterocycles. The Morgan fingerprint density at radius 1 is 0.889 bits per heavy atom. The summed E-state index contributed by atoms with van der Waals surface area (Å²) >= 11 is 0. The average molecular weight is 499 g/mol. The molecule has 182 valence electrons. The molecule has 0 atom stereocenters. The van der Waals surface area contributed by atoms with Crippen LogP contribution in [0.1, 0.15) is 5.56 Å². The number of nitrogens with zero attached hydrogens (tertiary/aromatic N) is 5. The van der Waals surface area contributed by atoms with Crippen LogP contribution in [0, 0.1) is 6.92 Å². The van der Waals surface area contributed by atoms with Crippen molar-refractivity contribution in [2.75, 3.05) is 37.3 Å². The van der Waals surface area contributed by atoms with E-state index in [0.717, 1.165) is 49.9 Å². The summed E-state index contributed by atoms with van der Waals surface area (Å²) in [4.78, 5) is 11.3. The third kappa shape index (κ3) is 4.10. The number of sulfonamides is 1. The minimum Gasteiger partial charge on any atom is -0.368 e. The second-order valence-electron chi connectivity index (χ2n) is 9.30. The lowest BCUT2D eigenvalue weighted by atomic mass is 9.99. The lowest BCUT2D eigenvalue weighted by Crippen LogP contribution is -2.48. The van der Waals surface area contributed by atoms with Gasteiger partial charge in [-0.1, -0.05) is 29.8 Å². The monoisotopic (exact) mass is 498 g/mol. The summed E-state index contributed by atoms with van der Waals surface area (Å²) in [5, 5.41) is 9.85. The second-order valence-corrected chi connectivity index (χ2v) is 11.3. The van der Waals surface area contributed by atoms with Gasteiger partial charge in [0.25, 0.3) is 0 Å². The molecule has 1 fully saturated rings. The Balaban J connectivity index is 1.39. The highest BCUT2D eigenvalue weighted by atomic mass is 32.2. The number of aryl methyl sites for hydroxylation is 1. The molecule has 0 unspecified atom stereocenters. The molecule has 0 bridgehead atoms. The minimum absolute atomic E-state index is 0.477. The molecule has 3 aromatic heterocycles. The summed E-state index contributed by atoms with van der Waals surface area (Å²) in [7, 11) is -3.17. The van der Waals surface area contributed by atoms with E-state index in [0.29, 0.717) is 26.2 Å². The number of piperazine rings is 1. The number of H-pyrrole nitrogens is 1. The number of hydrogen-bond acceptors (Lipinski definition) is 6. The quantitative estimate of drug-likeness (QED) is 0.399. The van der Waals surface area contributed by atoms with Crippen LogP contribution in [0.3, 0.4) is 0 Å². The molecule has 0 saturated carbocycles. The first-order chi connectivity index (χ1) is 17.4. The van der Waals surface area contributed by atoms with Gasteiger partial charge >= 0.3 is 0 Å². The first kappa shape index (κ1) is 22.6. The Morgan fingerprint density at radius 3 is 2.50 bits per heavy atom. The highest BCUT2D eigenvalue weighted by Gasteiger charge is 2.24. The molecule has 1 saturated heterocycles. The van der Waals surface area contributed by atoms with E-state index in [9.17, 15) is 8.42 Å². The molecular formula is C27H26N6O2S. The van der Waals surface area contributed by atoms with Crippen molar-refractivity contribution in [2.45, 2.75) is 6.92 Å². The Kier molecular flexibility index (Phi) is 5.46. The fourth-order valence-corrected chi connectivity index (χ4v) is 5.75. The van der Waals surface area contributed by atoms with Crippen molar-refractivity contribution in [1.29, 1.82) is 0 Å². The van der Waals surface area contributed by atoms with Gasteiger partial charge in [0.2, 0.25) is 10.0 Å². The highest BCUT2D eigenvalue weighted by molar-refractivity contribution is 7.88. The van der Waals surface area contributed by atoms with Crippen molar-refractivity contribution < 1.29 is 8.42 Å². The maximum Gasteiger partial charge on any atom is 0.211 e. The molecule has 0 spiro atoms. The van der Waals surface area contributed by atoms with Crippen LogP contribution in [-0.4, -0.2) is 65.3 Å². The standard InChI is InChI=1S/C27H26N6O2S/c1-18-4-3-5-20(12-18)27-26-23-14-19(6-7-24(23)29-17-25(26)30-31-27)21-13-22(16-28-15-21)32-8-10-33(11-9-32)36(2,34)35/h3-7,12-17H,8-11H2,1-2H3,(H,30,31). The van der Waals surface area contributed by atoms with Crippen molar-refractivity contribution in [3.8, 4) is 22.4 Å². The maximum absolute atomic E-state index is 11.9. The summed E-state index contributed by atoms with van der Waals surface area (Å²) in [6, 6.07) is 16.7. The topological polar surface area (TPSA) is 95.1 Å². The molecular weight excluding hydrogens is 472 g/mol. The van der Waals surface area contributed by atoms with Crippen molar-refractivity contribution in [3.63, 3.8) is 0 Å². The Labute approximate surface area is 209 Å². The maximum atomic E-state index is 11.9. The zero-order valence-electron chi connectivity index (χ0n) is 20.1. The Morgan fingerprint density at radius 2 is 1.72 bits per heavy atom. The van der Waals surface area contributed by atoms with Gasteiger partial charge < -0.3 is 4.90 Å². The van der Waals surface area contributed by atoms with Gasteiger partial charge in [0.15, 0.2) is 0 Å². The summed E-state index contributed by atoms with van der Waals surface area (Å²) in [5.41, 5.74) is 7.98. The zero-order chi connectivity index (χ0) is 24.9. The third-order valence-electron chi connectivity index (χ3n) is 6.81. The van der Waals surface area contributed by atoms with Crippen molar-refractivity contribution in [1.82, 2.24) is 24.5 Å². The number of hydrogen-bond donors (Lipinski definition) is 1. The molecule has 1 aliphatic rings. The molecule has 0 amide bonds. The van der Waals surface area contributed by atoms with Crippen LogP contribution in [0.4, 0.5) is 5.69 Å². The molecule has 6 rings (SSSR count). The molecule has 0 radical (unpaired) electrons. The number of anilines is 1. The summed E-state index contributed by atoms with van der Waals surface area (Å²) in [5.74, 6) is 0. The van der Waals surface area contributed by atoms with E-state index in [1.54, 1.807) is 0 Å². The molecule has 9 heteroatoms. The van der Waals surface area contributed by atoms with Gasteiger partial charge in [-0.25, -0.2) is 8.42 Å². The molecule has 1 aliphatic heterocycles. The summed E-state index contributed by atoms with van der Waals surface area (Å²) in [6.07, 6.45) is 6.80. The zero-order valence-corrected chi connectivity index (χ0v) is 21.0. The van der Waals surface area contributed by atoms with Crippen LogP contribution in [0.5, 0.6) is 0 Å². The fourth-order valence-electron chi connectivity index (χ4n) is 4.92. The number of nitrogens with one attached hydrogen (secondary N) is 1. The van der Waals surface area contributed by atoms with Gasteiger partial charge in [-0.05, 0) is 36.8 Å². The lowest BCUT2D eigenvalue weighted by molar-refractivity contribution is 0.388. The Bertz CT molecular complexity index is 1700. The van der Waals surface area contributed by atoms with E-state index in [-0.39, 0.29) is 0 Å². The highest BCUT2D eigenvalue weighted by Crippen LogP contribution is 2.34. The number of pyridine rings is 2. The predicted octanol–water partition coefficient (Wildman–Crippen LogP) is 4.23. The number of fused-ring (bicyclic) bond motifs is 3. The number of rotatable bonds is 4. The lowest BCUT2D eigenvalue weighted by Gasteiger charge is -2.34. The SMILES string of the molecule is Cc1cccc(-c2n[nH]c3cnc4ccc(-c5cncc(N6CCN(S(C)(=O)=O)CC6)c5)cc4c23)c1. The van der Waals surface area contributed by atoms with Gasteiger partial charge in [-0.2, -0.15) is 9.40 Å². The first-order valence-electron chi connectivity index (χ1n) is 11.9. The van der Waals surface area contributed by atoms with Crippen LogP contribution in [0.25, 0.3) is 44.2 Å². The number of aromatic nitrogens is 4. The summed E-state index contributed by atoms with van der Waals surface area (Å²) < 4.78 is 25.3. The summed E-state index contributed by atoms with van der Waals surface area (Å²) in [6.45, 7) is 4.30. The largest absolute Gasteiger partial charge is 0.368 e. The van der Waals surface area contributed by atoms with Crippen molar-refractivity contribution >= 4 is 37.5 Å². The van der Waals surface area contributed by atoms with Gasteiger partial charge in [0, 0.05) is 54.3 Å². The first-order valence-corrected chi connectivity index (χ1v) is 13.7. The van der Waals surface area contributed by atoms with Crippen LogP contribution in [0.15, 0.2) is 67.1 Å². The van der Waals surface area contributed by atoms with E-state index in [1.165, 1.54) is 16.1 Å². The van der Waals surface area contributed by atoms with Crippen molar-refractivity contribution in [2.24, 2.45) is 0 Å². The third-order valence-corrected chi connectivity index (χ3v) is 8.12. The van der Waals surface area contributed by atoms with Crippen LogP contribution in [-0.2, 0) is 10.0 Å². The van der Waals surface area contributed by atoms with Crippen LogP contribution in [0.2, 0.25) is 0 Å². The van der Waals surface area contributed by atoms with Crippen LogP contribution < -0.4 is 4.90 Å². The van der Waals surface area contributed by atoms with E-state index in [1.807, 2.05) is 30.7 Å². The Hall–Kier alpha value is -3.82. The fraction of sp³-hybridized carbons (Fsp3) is 0.222. The molecule has 2 aromatic carbocycles. The molecule has 8 nitrogen and oxygen atoms in total. The normalized spacial score (nSPS) is 15.1. The van der Waals surface area contributed by atoms with Gasteiger partial charge in [0.05, 0.1) is 35.4 Å². The predicted molar refractivity (Wildman–Crippen MR) is 143 cm³/mol. The van der Waals surface area contributed by atoms with Gasteiger partial charge in [-0.15, -0.1) is 0 Å². The molecule has 0 aliphatic carbocycles. The minimum atomic E-state index is -3.17. The van der Waals surface area contributed by atoms with E-state index >= 15 is 0 Å². The molecule has 1 N–H and O–H groups in total. The van der Waals surface area contributed by atoms with Gasteiger partial charge in [-0.3, -0.25) is 15.1 Å². The molecule has 36 heavy (non-hydrogen) atoms. The second kappa shape index (κ2) is 8.69. The van der Waals surface area contributed by atoms with Gasteiger partial charge in [0.1, 0.15) is 5.69 Å². The average Bonchev–Trinajstić information content (AvgIpc) is 3.33. The smallest absolute Gasteiger partial charge is 0.211 e. The van der Waals surface area contributed by atoms with E-state index in [4.69, 9.17) is 0 Å². The van der Waals surface area contributed by atoms with Crippen LogP contribution >= 0.6 is 0 Å². The number of benzene rings is 2. The van der Waals surface area contributed by atoms with E-state index < -0.39 is 10.0 Å².